The number of nitrogens with two attached hydrogens (primary N) is 1. The number of aliphatic carboxylic acids is 1. The average Bonchev–Trinajstić information content (AvgIpc) is 3.30. The number of hydrogen-bond donors (Lipinski definition) is 2. The van der Waals surface area contributed by atoms with E-state index >= 15 is 0 Å². The van der Waals surface area contributed by atoms with E-state index < -0.39 is 5.97 Å². The lowest BCUT2D eigenvalue weighted by molar-refractivity contribution is -0.142. The van der Waals surface area contributed by atoms with E-state index in [1.165, 1.54) is 0 Å². The maximum absolute atomic E-state index is 11.3. The number of rotatable bonds is 5. The highest BCUT2D eigenvalue weighted by molar-refractivity contribution is 9.10. The van der Waals surface area contributed by atoms with Crippen molar-refractivity contribution < 1.29 is 14.6 Å². The van der Waals surface area contributed by atoms with Crippen molar-refractivity contribution in [3.05, 3.63) is 59.0 Å². The quantitative estimate of drug-likeness (QED) is 0.372. The molecule has 0 saturated heterocycles. The molecule has 34 heavy (non-hydrogen) atoms. The summed E-state index contributed by atoms with van der Waals surface area (Å²) < 4.78 is 7.66. The molecule has 1 aliphatic rings. The van der Waals surface area contributed by atoms with E-state index in [4.69, 9.17) is 15.5 Å². The van der Waals surface area contributed by atoms with Crippen LogP contribution in [-0.2, 0) is 4.79 Å². The number of hydrogen-bond acceptors (Lipinski definition) is 6. The molecule has 0 amide bonds. The fourth-order valence-electron chi connectivity index (χ4n) is 4.61. The smallest absolute Gasteiger partial charge is 0.306 e. The van der Waals surface area contributed by atoms with E-state index in [1.807, 2.05) is 42.6 Å². The Hall–Kier alpha value is -3.46. The number of aromatic nitrogens is 4. The SMILES string of the molecule is COc1cccc(-c2ccc(-c3cnn4c(N)c(Br)c(C5CCC(C(=O)O)CC5)nc34)cn2)c1. The van der Waals surface area contributed by atoms with Crippen molar-refractivity contribution in [3.63, 3.8) is 0 Å². The van der Waals surface area contributed by atoms with Crippen molar-refractivity contribution >= 4 is 33.4 Å². The van der Waals surface area contributed by atoms with Gasteiger partial charge in [0.15, 0.2) is 5.65 Å². The van der Waals surface area contributed by atoms with Crippen LogP contribution < -0.4 is 10.5 Å². The zero-order valence-corrected chi connectivity index (χ0v) is 20.2. The standard InChI is InChI=1S/C25H24BrN5O3/c1-34-18-4-2-3-16(11-18)20-10-9-17(12-28-20)19-13-29-31-23(27)21(26)22(30-24(19)31)14-5-7-15(8-6-14)25(32)33/h2-4,9-15H,5-8,27H2,1H3,(H,32,33). The second kappa shape index (κ2) is 9.06. The van der Waals surface area contributed by atoms with Crippen LogP contribution in [0.3, 0.4) is 0 Å². The first kappa shape index (κ1) is 22.3. The normalized spacial score (nSPS) is 18.2. The number of halogens is 1. The Morgan fingerprint density at radius 2 is 1.94 bits per heavy atom. The highest BCUT2D eigenvalue weighted by Crippen LogP contribution is 2.40. The molecule has 3 aromatic heterocycles. The molecule has 1 aromatic carbocycles. The molecule has 0 aliphatic heterocycles. The van der Waals surface area contributed by atoms with Gasteiger partial charge in [-0.05, 0) is 59.8 Å². The van der Waals surface area contributed by atoms with Gasteiger partial charge in [0.25, 0.3) is 0 Å². The van der Waals surface area contributed by atoms with Gasteiger partial charge >= 0.3 is 5.97 Å². The molecule has 174 valence electrons. The fourth-order valence-corrected chi connectivity index (χ4v) is 5.19. The molecular formula is C25H24BrN5O3. The van der Waals surface area contributed by atoms with Crippen LogP contribution in [0.25, 0.3) is 28.0 Å². The van der Waals surface area contributed by atoms with Crippen molar-refractivity contribution in [2.75, 3.05) is 12.8 Å². The van der Waals surface area contributed by atoms with Crippen molar-refractivity contribution in [1.29, 1.82) is 0 Å². The van der Waals surface area contributed by atoms with Crippen LogP contribution in [0.2, 0.25) is 0 Å². The summed E-state index contributed by atoms with van der Waals surface area (Å²) in [5.41, 5.74) is 11.5. The molecular weight excluding hydrogens is 498 g/mol. The molecule has 1 saturated carbocycles. The number of carboxylic acid groups (broad SMARTS) is 1. The lowest BCUT2D eigenvalue weighted by Crippen LogP contribution is -2.21. The summed E-state index contributed by atoms with van der Waals surface area (Å²) in [7, 11) is 1.64. The highest BCUT2D eigenvalue weighted by atomic mass is 79.9. The van der Waals surface area contributed by atoms with Gasteiger partial charge in [-0.3, -0.25) is 9.78 Å². The molecule has 1 aliphatic carbocycles. The van der Waals surface area contributed by atoms with E-state index in [2.05, 4.69) is 26.0 Å². The van der Waals surface area contributed by atoms with Crippen LogP contribution in [0.1, 0.15) is 37.3 Å². The van der Waals surface area contributed by atoms with E-state index in [0.717, 1.165) is 51.1 Å². The molecule has 5 rings (SSSR count). The Bertz CT molecular complexity index is 1360. The predicted octanol–water partition coefficient (Wildman–Crippen LogP) is 5.17. The van der Waals surface area contributed by atoms with Gasteiger partial charge in [-0.2, -0.15) is 9.61 Å². The number of pyridine rings is 1. The number of fused-ring (bicyclic) bond motifs is 1. The lowest BCUT2D eigenvalue weighted by Gasteiger charge is -2.26. The van der Waals surface area contributed by atoms with Gasteiger partial charge in [0.1, 0.15) is 11.6 Å². The Kier molecular flexibility index (Phi) is 5.95. The molecule has 8 nitrogen and oxygen atoms in total. The lowest BCUT2D eigenvalue weighted by atomic mass is 9.80. The van der Waals surface area contributed by atoms with Gasteiger partial charge in [-0.15, -0.1) is 0 Å². The summed E-state index contributed by atoms with van der Waals surface area (Å²) >= 11 is 3.61. The van der Waals surface area contributed by atoms with E-state index in [1.54, 1.807) is 17.8 Å². The largest absolute Gasteiger partial charge is 0.497 e. The first-order chi connectivity index (χ1) is 16.5. The summed E-state index contributed by atoms with van der Waals surface area (Å²) in [6, 6.07) is 11.7. The Labute approximate surface area is 204 Å². The Morgan fingerprint density at radius 3 is 2.62 bits per heavy atom. The van der Waals surface area contributed by atoms with Gasteiger partial charge in [-0.1, -0.05) is 18.2 Å². The molecule has 0 radical (unpaired) electrons. The summed E-state index contributed by atoms with van der Waals surface area (Å²) in [6.07, 6.45) is 6.36. The third-order valence-electron chi connectivity index (χ3n) is 6.55. The minimum absolute atomic E-state index is 0.147. The maximum atomic E-state index is 11.3. The number of ether oxygens (including phenoxy) is 1. The number of nitrogen functional groups attached to an aromatic ring is 1. The molecule has 4 aromatic rings. The molecule has 3 heterocycles. The van der Waals surface area contributed by atoms with E-state index in [-0.39, 0.29) is 11.8 Å². The number of methoxy groups -OCH3 is 1. The monoisotopic (exact) mass is 521 g/mol. The first-order valence-corrected chi connectivity index (χ1v) is 11.9. The number of carbonyl (C=O) groups is 1. The summed E-state index contributed by atoms with van der Waals surface area (Å²) in [5.74, 6) is 0.404. The van der Waals surface area contributed by atoms with Crippen LogP contribution in [0.4, 0.5) is 5.82 Å². The van der Waals surface area contributed by atoms with Crippen LogP contribution in [-0.4, -0.2) is 37.8 Å². The third kappa shape index (κ3) is 4.00. The van der Waals surface area contributed by atoms with Crippen molar-refractivity contribution in [1.82, 2.24) is 19.6 Å². The van der Waals surface area contributed by atoms with Crippen LogP contribution in [0.15, 0.2) is 53.3 Å². The second-order valence-corrected chi connectivity index (χ2v) is 9.33. The first-order valence-electron chi connectivity index (χ1n) is 11.1. The van der Waals surface area contributed by atoms with Crippen LogP contribution in [0.5, 0.6) is 5.75 Å². The molecule has 0 spiro atoms. The predicted molar refractivity (Wildman–Crippen MR) is 133 cm³/mol. The minimum Gasteiger partial charge on any atom is -0.497 e. The van der Waals surface area contributed by atoms with Gasteiger partial charge < -0.3 is 15.6 Å². The van der Waals surface area contributed by atoms with Gasteiger partial charge in [-0.25, -0.2) is 4.98 Å². The summed E-state index contributed by atoms with van der Waals surface area (Å²) in [4.78, 5) is 20.9. The van der Waals surface area contributed by atoms with Gasteiger partial charge in [0, 0.05) is 28.8 Å². The molecule has 0 atom stereocenters. The highest BCUT2D eigenvalue weighted by Gasteiger charge is 2.30. The Balaban J connectivity index is 1.49. The second-order valence-electron chi connectivity index (χ2n) is 8.54. The van der Waals surface area contributed by atoms with Crippen LogP contribution in [0, 0.1) is 5.92 Å². The molecule has 9 heteroatoms. The molecule has 1 fully saturated rings. The van der Waals surface area contributed by atoms with Gasteiger partial charge in [0.2, 0.25) is 0 Å². The minimum atomic E-state index is -0.719. The van der Waals surface area contributed by atoms with E-state index in [9.17, 15) is 9.90 Å². The third-order valence-corrected chi connectivity index (χ3v) is 7.36. The molecule has 3 N–H and O–H groups in total. The molecule has 0 bridgehead atoms. The topological polar surface area (TPSA) is 116 Å². The fraction of sp³-hybridized carbons (Fsp3) is 0.280. The number of carboxylic acids is 1. The zero-order chi connectivity index (χ0) is 23.8. The number of benzene rings is 1. The van der Waals surface area contributed by atoms with E-state index in [0.29, 0.717) is 24.3 Å². The maximum Gasteiger partial charge on any atom is 0.306 e. The molecule has 0 unspecified atom stereocenters. The van der Waals surface area contributed by atoms with Crippen molar-refractivity contribution in [3.8, 4) is 28.1 Å². The number of anilines is 1. The zero-order valence-electron chi connectivity index (χ0n) is 18.6. The average molecular weight is 522 g/mol. The Morgan fingerprint density at radius 1 is 1.15 bits per heavy atom. The van der Waals surface area contributed by atoms with Crippen LogP contribution >= 0.6 is 15.9 Å². The summed E-state index contributed by atoms with van der Waals surface area (Å²) in [6.45, 7) is 0. The summed E-state index contributed by atoms with van der Waals surface area (Å²) in [5, 5.41) is 13.8. The van der Waals surface area contributed by atoms with Crippen molar-refractivity contribution in [2.45, 2.75) is 31.6 Å². The van der Waals surface area contributed by atoms with Gasteiger partial charge in [0.05, 0.1) is 35.1 Å². The van der Waals surface area contributed by atoms with Crippen molar-refractivity contribution in [2.24, 2.45) is 5.92 Å². The number of nitrogens with zero attached hydrogens (tertiary/aromatic N) is 4.